The highest BCUT2D eigenvalue weighted by Gasteiger charge is 2.51. The summed E-state index contributed by atoms with van der Waals surface area (Å²) in [5.41, 5.74) is 4.22. The molecule has 152 valence electrons. The monoisotopic (exact) mass is 390 g/mol. The maximum Gasteiger partial charge on any atom is 0.0466 e. The highest BCUT2D eigenvalue weighted by atomic mass is 35.5. The van der Waals surface area contributed by atoms with Gasteiger partial charge >= 0.3 is 0 Å². The van der Waals surface area contributed by atoms with Crippen molar-refractivity contribution in [3.63, 3.8) is 0 Å². The van der Waals surface area contributed by atoms with Crippen molar-refractivity contribution in [2.75, 3.05) is 33.2 Å². The molecule has 27 heavy (non-hydrogen) atoms. The maximum atomic E-state index is 2.81. The molecule has 2 saturated carbocycles. The molecule has 3 fully saturated rings. The largest absolute Gasteiger partial charge is 0.304 e. The molecule has 1 heterocycles. The molecular formula is C24H39ClN2. The van der Waals surface area contributed by atoms with Crippen LogP contribution in [0, 0.1) is 11.3 Å². The predicted molar refractivity (Wildman–Crippen MR) is 118 cm³/mol. The molecule has 4 rings (SSSR count). The van der Waals surface area contributed by atoms with Gasteiger partial charge < -0.3 is 4.90 Å². The number of halogens is 1. The van der Waals surface area contributed by atoms with Gasteiger partial charge in [-0.25, -0.2) is 0 Å². The average Bonchev–Trinajstić information content (AvgIpc) is 3.43. The van der Waals surface area contributed by atoms with E-state index in [1.807, 2.05) is 0 Å². The number of likely N-dealkylation sites (N-methyl/N-ethyl adjacent to an activating group) is 1. The molecule has 1 aliphatic heterocycles. The number of piperazine rings is 1. The molecule has 0 spiro atoms. The van der Waals surface area contributed by atoms with Crippen LogP contribution in [0.2, 0.25) is 0 Å². The Morgan fingerprint density at radius 3 is 2.04 bits per heavy atom. The molecule has 0 bridgehead atoms. The minimum atomic E-state index is 0. The van der Waals surface area contributed by atoms with Crippen LogP contribution >= 0.6 is 12.4 Å². The van der Waals surface area contributed by atoms with Crippen LogP contribution < -0.4 is 0 Å². The Morgan fingerprint density at radius 2 is 1.48 bits per heavy atom. The lowest BCUT2D eigenvalue weighted by Crippen LogP contribution is -2.49. The second-order valence-corrected chi connectivity index (χ2v) is 10.3. The van der Waals surface area contributed by atoms with Crippen LogP contribution in [0.25, 0.3) is 0 Å². The zero-order valence-corrected chi connectivity index (χ0v) is 18.7. The van der Waals surface area contributed by atoms with Gasteiger partial charge in [0.25, 0.3) is 0 Å². The standard InChI is InChI=1S/C24H38N2.ClH/c1-23(2,3)20-11-9-19(10-12-20)21-7-5-6-8-22(21)24(13-14-24)26-17-15-25(4)16-18-26;/h5-8,19-20H,9-18H2,1-4H3;1H. The quantitative estimate of drug-likeness (QED) is 0.656. The van der Waals surface area contributed by atoms with Gasteiger partial charge in [-0.15, -0.1) is 12.4 Å². The van der Waals surface area contributed by atoms with Crippen molar-refractivity contribution in [3.05, 3.63) is 35.4 Å². The second-order valence-electron chi connectivity index (χ2n) is 10.3. The fourth-order valence-electron chi connectivity index (χ4n) is 5.66. The average molecular weight is 391 g/mol. The minimum absolute atomic E-state index is 0. The van der Waals surface area contributed by atoms with E-state index in [0.717, 1.165) is 11.8 Å². The molecule has 1 aromatic carbocycles. The smallest absolute Gasteiger partial charge is 0.0466 e. The van der Waals surface area contributed by atoms with E-state index in [1.54, 1.807) is 11.1 Å². The minimum Gasteiger partial charge on any atom is -0.304 e. The summed E-state index contributed by atoms with van der Waals surface area (Å²) in [6.45, 7) is 12.2. The van der Waals surface area contributed by atoms with Crippen LogP contribution in [0.1, 0.15) is 76.3 Å². The van der Waals surface area contributed by atoms with E-state index in [-0.39, 0.29) is 12.4 Å². The molecule has 0 N–H and O–H groups in total. The first-order valence-electron chi connectivity index (χ1n) is 10.9. The van der Waals surface area contributed by atoms with Gasteiger partial charge in [-0.05, 0) is 74.0 Å². The summed E-state index contributed by atoms with van der Waals surface area (Å²) in [4.78, 5) is 5.29. The molecule has 0 radical (unpaired) electrons. The number of rotatable bonds is 3. The Labute approximate surface area is 173 Å². The predicted octanol–water partition coefficient (Wildman–Crippen LogP) is 5.66. The number of hydrogen-bond donors (Lipinski definition) is 0. The highest BCUT2D eigenvalue weighted by Crippen LogP contribution is 2.54. The first-order valence-corrected chi connectivity index (χ1v) is 10.9. The lowest BCUT2D eigenvalue weighted by atomic mass is 9.68. The number of benzene rings is 1. The Bertz CT molecular complexity index is 616. The van der Waals surface area contributed by atoms with Crippen molar-refractivity contribution in [1.29, 1.82) is 0 Å². The highest BCUT2D eigenvalue weighted by molar-refractivity contribution is 5.85. The first-order chi connectivity index (χ1) is 12.4. The van der Waals surface area contributed by atoms with Gasteiger partial charge in [0.05, 0.1) is 0 Å². The van der Waals surface area contributed by atoms with Gasteiger partial charge in [0, 0.05) is 31.7 Å². The zero-order valence-electron chi connectivity index (χ0n) is 17.8. The molecule has 0 amide bonds. The van der Waals surface area contributed by atoms with E-state index >= 15 is 0 Å². The van der Waals surface area contributed by atoms with Crippen LogP contribution in [0.4, 0.5) is 0 Å². The van der Waals surface area contributed by atoms with Crippen molar-refractivity contribution in [2.45, 2.75) is 70.8 Å². The van der Waals surface area contributed by atoms with Crippen LogP contribution in [0.15, 0.2) is 24.3 Å². The lowest BCUT2D eigenvalue weighted by molar-refractivity contribution is 0.0964. The van der Waals surface area contributed by atoms with Crippen molar-refractivity contribution in [2.24, 2.45) is 11.3 Å². The summed E-state index contributed by atoms with van der Waals surface area (Å²) in [5, 5.41) is 0. The van der Waals surface area contributed by atoms with Crippen molar-refractivity contribution in [1.82, 2.24) is 9.80 Å². The molecule has 0 atom stereocenters. The van der Waals surface area contributed by atoms with Crippen LogP contribution in [-0.4, -0.2) is 43.0 Å². The molecule has 1 saturated heterocycles. The van der Waals surface area contributed by atoms with E-state index in [0.29, 0.717) is 11.0 Å². The summed E-state index contributed by atoms with van der Waals surface area (Å²) in [6, 6.07) is 9.51. The van der Waals surface area contributed by atoms with E-state index in [9.17, 15) is 0 Å². The fraction of sp³-hybridized carbons (Fsp3) is 0.750. The number of nitrogens with zero attached hydrogens (tertiary/aromatic N) is 2. The summed E-state index contributed by atoms with van der Waals surface area (Å²) in [6.07, 6.45) is 8.32. The van der Waals surface area contributed by atoms with E-state index in [4.69, 9.17) is 0 Å². The van der Waals surface area contributed by atoms with Gasteiger partial charge in [0.1, 0.15) is 0 Å². The molecule has 2 aliphatic carbocycles. The molecule has 1 aromatic rings. The third kappa shape index (κ3) is 4.23. The Kier molecular flexibility index (Phi) is 6.30. The van der Waals surface area contributed by atoms with Crippen LogP contribution in [0.3, 0.4) is 0 Å². The number of hydrogen-bond acceptors (Lipinski definition) is 2. The molecule has 0 aromatic heterocycles. The van der Waals surface area contributed by atoms with E-state index in [2.05, 4.69) is 61.9 Å². The fourth-order valence-corrected chi connectivity index (χ4v) is 5.66. The third-order valence-electron chi connectivity index (χ3n) is 7.69. The summed E-state index contributed by atoms with van der Waals surface area (Å²) in [5.74, 6) is 1.69. The van der Waals surface area contributed by atoms with E-state index in [1.165, 1.54) is 64.7 Å². The van der Waals surface area contributed by atoms with Crippen LogP contribution in [-0.2, 0) is 5.54 Å². The lowest BCUT2D eigenvalue weighted by Gasteiger charge is -2.41. The summed E-state index contributed by atoms with van der Waals surface area (Å²) in [7, 11) is 2.26. The molecule has 3 heteroatoms. The maximum absolute atomic E-state index is 2.81. The zero-order chi connectivity index (χ0) is 18.4. The normalized spacial score (nSPS) is 29.2. The Balaban J connectivity index is 0.00000210. The summed E-state index contributed by atoms with van der Waals surface area (Å²) < 4.78 is 0. The topological polar surface area (TPSA) is 6.48 Å². The second kappa shape index (κ2) is 8.05. The van der Waals surface area contributed by atoms with Crippen LogP contribution in [0.5, 0.6) is 0 Å². The SMILES string of the molecule is CN1CCN(C2(c3ccccc3C3CCC(C(C)(C)C)CC3)CC2)CC1.Cl. The molecule has 2 nitrogen and oxygen atoms in total. The third-order valence-corrected chi connectivity index (χ3v) is 7.69. The molecule has 3 aliphatic rings. The van der Waals surface area contributed by atoms with Gasteiger partial charge in [0.2, 0.25) is 0 Å². The first kappa shape index (κ1) is 21.1. The van der Waals surface area contributed by atoms with Crippen molar-refractivity contribution >= 4 is 12.4 Å². The Hall–Kier alpha value is -0.570. The van der Waals surface area contributed by atoms with Crippen molar-refractivity contribution < 1.29 is 0 Å². The van der Waals surface area contributed by atoms with E-state index < -0.39 is 0 Å². The van der Waals surface area contributed by atoms with Gasteiger partial charge in [-0.2, -0.15) is 0 Å². The van der Waals surface area contributed by atoms with Gasteiger partial charge in [-0.3, -0.25) is 4.90 Å². The molecule has 0 unspecified atom stereocenters. The summed E-state index contributed by atoms with van der Waals surface area (Å²) >= 11 is 0. The molecular weight excluding hydrogens is 352 g/mol. The Morgan fingerprint density at radius 1 is 0.889 bits per heavy atom. The van der Waals surface area contributed by atoms with Gasteiger partial charge in [-0.1, -0.05) is 45.0 Å². The van der Waals surface area contributed by atoms with Gasteiger partial charge in [0.15, 0.2) is 0 Å². The van der Waals surface area contributed by atoms with Crippen molar-refractivity contribution in [3.8, 4) is 0 Å².